The summed E-state index contributed by atoms with van der Waals surface area (Å²) >= 11 is 0. The topological polar surface area (TPSA) is 35.5 Å². The Morgan fingerprint density at radius 3 is 2.09 bits per heavy atom. The van der Waals surface area contributed by atoms with Gasteiger partial charge in [0.05, 0.1) is 12.2 Å². The highest BCUT2D eigenvalue weighted by atomic mass is 16.6. The Hall–Kier alpha value is -1.35. The first-order valence-electron chi connectivity index (χ1n) is 8.94. The molecule has 0 heterocycles. The third-order valence-electron chi connectivity index (χ3n) is 3.67. The quantitative estimate of drug-likeness (QED) is 0.433. The number of rotatable bonds is 11. The first-order chi connectivity index (χ1) is 11.1. The number of benzene rings is 1. The van der Waals surface area contributed by atoms with Crippen molar-refractivity contribution < 1.29 is 14.3 Å². The van der Waals surface area contributed by atoms with Crippen LogP contribution in [0.3, 0.4) is 0 Å². The van der Waals surface area contributed by atoms with E-state index in [-0.39, 0.29) is 5.97 Å². The van der Waals surface area contributed by atoms with Crippen LogP contribution in [0, 0.1) is 5.92 Å². The number of carbonyl (C=O) groups excluding carboxylic acids is 1. The van der Waals surface area contributed by atoms with Gasteiger partial charge in [0.15, 0.2) is 0 Å². The van der Waals surface area contributed by atoms with Crippen molar-refractivity contribution in [2.45, 2.75) is 59.8 Å². The zero-order valence-electron chi connectivity index (χ0n) is 15.2. The molecule has 0 aliphatic carbocycles. The molecular formula is C20H32O3. The van der Waals surface area contributed by atoms with Gasteiger partial charge in [0.25, 0.3) is 0 Å². The van der Waals surface area contributed by atoms with Gasteiger partial charge < -0.3 is 9.47 Å². The molecule has 0 fully saturated rings. The number of esters is 1. The zero-order valence-corrected chi connectivity index (χ0v) is 15.2. The van der Waals surface area contributed by atoms with Crippen molar-refractivity contribution in [1.82, 2.24) is 0 Å². The first-order valence-corrected chi connectivity index (χ1v) is 8.94. The van der Waals surface area contributed by atoms with Crippen LogP contribution in [0.5, 0.6) is 0 Å². The number of hydrogen-bond acceptors (Lipinski definition) is 3. The van der Waals surface area contributed by atoms with E-state index >= 15 is 0 Å². The molecule has 0 saturated heterocycles. The summed E-state index contributed by atoms with van der Waals surface area (Å²) in [5, 5.41) is 0. The van der Waals surface area contributed by atoms with Crippen LogP contribution in [0.4, 0.5) is 0 Å². The molecule has 1 rings (SSSR count). The standard InChI is InChI=1S/C20H32O3/c1-5-7-17-13-18(8-6-2)15-19(14-17)20(21)23-12-11-22-10-9-16(3)4/h13-16H,5-12H2,1-4H3. The molecule has 130 valence electrons. The van der Waals surface area contributed by atoms with Crippen molar-refractivity contribution in [3.8, 4) is 0 Å². The molecule has 0 saturated carbocycles. The summed E-state index contributed by atoms with van der Waals surface area (Å²) in [6.45, 7) is 10.1. The van der Waals surface area contributed by atoms with Crippen molar-refractivity contribution in [3.63, 3.8) is 0 Å². The van der Waals surface area contributed by atoms with Gasteiger partial charge in [-0.3, -0.25) is 0 Å². The third-order valence-corrected chi connectivity index (χ3v) is 3.67. The minimum absolute atomic E-state index is 0.243. The molecule has 0 spiro atoms. The summed E-state index contributed by atoms with van der Waals surface area (Å²) in [6, 6.07) is 6.13. The van der Waals surface area contributed by atoms with Crippen LogP contribution in [0.2, 0.25) is 0 Å². The summed E-state index contributed by atoms with van der Waals surface area (Å²) in [7, 11) is 0. The minimum atomic E-state index is -0.243. The maximum atomic E-state index is 12.2. The fourth-order valence-electron chi connectivity index (χ4n) is 2.44. The third kappa shape index (κ3) is 8.17. The molecule has 0 unspecified atom stereocenters. The van der Waals surface area contributed by atoms with Crippen molar-refractivity contribution >= 4 is 5.97 Å². The van der Waals surface area contributed by atoms with Crippen LogP contribution >= 0.6 is 0 Å². The maximum absolute atomic E-state index is 12.2. The highest BCUT2D eigenvalue weighted by molar-refractivity contribution is 5.89. The minimum Gasteiger partial charge on any atom is -0.460 e. The van der Waals surface area contributed by atoms with E-state index in [4.69, 9.17) is 9.47 Å². The van der Waals surface area contributed by atoms with Gasteiger partial charge in [-0.2, -0.15) is 0 Å². The highest BCUT2D eigenvalue weighted by Crippen LogP contribution is 2.15. The molecular weight excluding hydrogens is 288 g/mol. The van der Waals surface area contributed by atoms with Crippen LogP contribution in [0.25, 0.3) is 0 Å². The van der Waals surface area contributed by atoms with Gasteiger partial charge in [0.1, 0.15) is 6.61 Å². The SMILES string of the molecule is CCCc1cc(CCC)cc(C(=O)OCCOCCC(C)C)c1. The predicted octanol–water partition coefficient (Wildman–Crippen LogP) is 4.81. The van der Waals surface area contributed by atoms with Crippen molar-refractivity contribution in [1.29, 1.82) is 0 Å². The lowest BCUT2D eigenvalue weighted by Crippen LogP contribution is -2.12. The van der Waals surface area contributed by atoms with Crippen LogP contribution in [0.15, 0.2) is 18.2 Å². The molecule has 0 aliphatic rings. The summed E-state index contributed by atoms with van der Waals surface area (Å²) in [6.07, 6.45) is 5.18. The Morgan fingerprint density at radius 2 is 1.57 bits per heavy atom. The van der Waals surface area contributed by atoms with Crippen molar-refractivity contribution in [2.75, 3.05) is 19.8 Å². The van der Waals surface area contributed by atoms with E-state index in [1.165, 1.54) is 11.1 Å². The molecule has 0 aromatic heterocycles. The predicted molar refractivity (Wildman–Crippen MR) is 95.0 cm³/mol. The number of aryl methyl sites for hydroxylation is 2. The Bertz CT molecular complexity index is 442. The van der Waals surface area contributed by atoms with Crippen LogP contribution < -0.4 is 0 Å². The van der Waals surface area contributed by atoms with Gasteiger partial charge in [-0.15, -0.1) is 0 Å². The van der Waals surface area contributed by atoms with E-state index in [1.807, 2.05) is 12.1 Å². The summed E-state index contributed by atoms with van der Waals surface area (Å²) in [5.41, 5.74) is 3.11. The number of ether oxygens (including phenoxy) is 2. The Morgan fingerprint density at radius 1 is 0.957 bits per heavy atom. The fraction of sp³-hybridized carbons (Fsp3) is 0.650. The molecule has 0 radical (unpaired) electrons. The molecule has 3 heteroatoms. The van der Waals surface area contributed by atoms with E-state index in [9.17, 15) is 4.79 Å². The summed E-state index contributed by atoms with van der Waals surface area (Å²) in [5.74, 6) is 0.392. The molecule has 0 amide bonds. The highest BCUT2D eigenvalue weighted by Gasteiger charge is 2.10. The average Bonchev–Trinajstić information content (AvgIpc) is 2.50. The second kappa shape index (κ2) is 11.2. The Labute approximate surface area is 141 Å². The molecule has 23 heavy (non-hydrogen) atoms. The van der Waals surface area contributed by atoms with Crippen LogP contribution in [-0.4, -0.2) is 25.8 Å². The molecule has 1 aromatic rings. The second-order valence-corrected chi connectivity index (χ2v) is 6.47. The van der Waals surface area contributed by atoms with Gasteiger partial charge in [0.2, 0.25) is 0 Å². The molecule has 3 nitrogen and oxygen atoms in total. The Balaban J connectivity index is 2.50. The Kier molecular flexibility index (Phi) is 9.61. The molecule has 0 aliphatic heterocycles. The zero-order chi connectivity index (χ0) is 17.1. The maximum Gasteiger partial charge on any atom is 0.338 e. The van der Waals surface area contributed by atoms with Gasteiger partial charge >= 0.3 is 5.97 Å². The summed E-state index contributed by atoms with van der Waals surface area (Å²) in [4.78, 5) is 12.2. The monoisotopic (exact) mass is 320 g/mol. The normalized spacial score (nSPS) is 11.0. The van der Waals surface area contributed by atoms with E-state index < -0.39 is 0 Å². The lowest BCUT2D eigenvalue weighted by molar-refractivity contribution is 0.0303. The van der Waals surface area contributed by atoms with Crippen molar-refractivity contribution in [3.05, 3.63) is 34.9 Å². The van der Waals surface area contributed by atoms with Crippen molar-refractivity contribution in [2.24, 2.45) is 5.92 Å². The first kappa shape index (κ1) is 19.7. The number of hydrogen-bond donors (Lipinski definition) is 0. The average molecular weight is 320 g/mol. The summed E-state index contributed by atoms with van der Waals surface area (Å²) < 4.78 is 10.8. The largest absolute Gasteiger partial charge is 0.460 e. The van der Waals surface area contributed by atoms with E-state index in [2.05, 4.69) is 33.8 Å². The lowest BCUT2D eigenvalue weighted by Gasteiger charge is -2.10. The second-order valence-electron chi connectivity index (χ2n) is 6.47. The van der Waals surface area contributed by atoms with Gasteiger partial charge in [-0.25, -0.2) is 4.79 Å². The smallest absolute Gasteiger partial charge is 0.338 e. The van der Waals surface area contributed by atoms with Crippen LogP contribution in [0.1, 0.15) is 68.4 Å². The fourth-order valence-corrected chi connectivity index (χ4v) is 2.44. The van der Waals surface area contributed by atoms with Crippen LogP contribution in [-0.2, 0) is 22.3 Å². The van der Waals surface area contributed by atoms with E-state index in [0.717, 1.165) is 38.7 Å². The van der Waals surface area contributed by atoms with E-state index in [0.29, 0.717) is 24.7 Å². The van der Waals surface area contributed by atoms with Gasteiger partial charge in [0, 0.05) is 6.61 Å². The molecule has 1 aromatic carbocycles. The van der Waals surface area contributed by atoms with Gasteiger partial charge in [-0.05, 0) is 48.4 Å². The van der Waals surface area contributed by atoms with Gasteiger partial charge in [-0.1, -0.05) is 46.6 Å². The molecule has 0 atom stereocenters. The number of carbonyl (C=O) groups is 1. The molecule has 0 N–H and O–H groups in total. The lowest BCUT2D eigenvalue weighted by atomic mass is 10.00. The van der Waals surface area contributed by atoms with E-state index in [1.54, 1.807) is 0 Å². The molecule has 0 bridgehead atoms.